The average molecular weight is 368 g/mol. The van der Waals surface area contributed by atoms with Crippen LogP contribution in [0.1, 0.15) is 24.7 Å². The standard InChI is InChI=1S/C19H20N4O4/c1-25-16-5-3-2-4-15(16)20-19(24)23-9-6-13(7-10-23)17-21-22-18(27-17)14-8-11-26-12-14/h2-5,8,11-13H,6-7,9-10H2,1H3,(H,20,24). The van der Waals surface area contributed by atoms with Gasteiger partial charge in [-0.1, -0.05) is 12.1 Å². The van der Waals surface area contributed by atoms with Crippen molar-refractivity contribution in [1.29, 1.82) is 0 Å². The zero-order valence-electron chi connectivity index (χ0n) is 14.9. The van der Waals surface area contributed by atoms with Crippen molar-refractivity contribution in [3.05, 3.63) is 48.7 Å². The number of rotatable bonds is 4. The van der Waals surface area contributed by atoms with Crippen LogP contribution in [0.3, 0.4) is 0 Å². The lowest BCUT2D eigenvalue weighted by atomic mass is 9.97. The van der Waals surface area contributed by atoms with Gasteiger partial charge in [0.05, 0.1) is 24.6 Å². The maximum Gasteiger partial charge on any atom is 0.321 e. The number of benzene rings is 1. The van der Waals surface area contributed by atoms with E-state index in [2.05, 4.69) is 15.5 Å². The number of urea groups is 1. The van der Waals surface area contributed by atoms with Crippen molar-refractivity contribution in [2.24, 2.45) is 0 Å². The molecule has 27 heavy (non-hydrogen) atoms. The number of hydrogen-bond acceptors (Lipinski definition) is 6. The summed E-state index contributed by atoms with van der Waals surface area (Å²) in [4.78, 5) is 14.3. The summed E-state index contributed by atoms with van der Waals surface area (Å²) in [6, 6.07) is 9.00. The monoisotopic (exact) mass is 368 g/mol. The summed E-state index contributed by atoms with van der Waals surface area (Å²) < 4.78 is 16.1. The molecule has 3 aromatic rings. The number of likely N-dealkylation sites (tertiary alicyclic amines) is 1. The molecule has 1 aromatic carbocycles. The van der Waals surface area contributed by atoms with Crippen LogP contribution in [-0.2, 0) is 0 Å². The lowest BCUT2D eigenvalue weighted by Gasteiger charge is -2.30. The molecule has 140 valence electrons. The van der Waals surface area contributed by atoms with E-state index in [1.165, 1.54) is 0 Å². The van der Waals surface area contributed by atoms with E-state index < -0.39 is 0 Å². The number of nitrogens with one attached hydrogen (secondary N) is 1. The quantitative estimate of drug-likeness (QED) is 0.754. The first-order valence-electron chi connectivity index (χ1n) is 8.79. The Bertz CT molecular complexity index is 898. The molecule has 1 saturated heterocycles. The summed E-state index contributed by atoms with van der Waals surface area (Å²) in [5, 5.41) is 11.2. The minimum Gasteiger partial charge on any atom is -0.495 e. The topological polar surface area (TPSA) is 93.6 Å². The molecule has 1 aliphatic rings. The first-order chi connectivity index (χ1) is 13.2. The second-order valence-electron chi connectivity index (χ2n) is 6.35. The largest absolute Gasteiger partial charge is 0.495 e. The number of para-hydroxylation sites is 2. The molecule has 0 saturated carbocycles. The number of carbonyl (C=O) groups is 1. The van der Waals surface area contributed by atoms with Crippen molar-refractivity contribution in [3.63, 3.8) is 0 Å². The van der Waals surface area contributed by atoms with Crippen molar-refractivity contribution < 1.29 is 18.4 Å². The Morgan fingerprint density at radius 2 is 2.04 bits per heavy atom. The summed E-state index contributed by atoms with van der Waals surface area (Å²) in [7, 11) is 1.58. The molecule has 8 heteroatoms. The van der Waals surface area contributed by atoms with E-state index in [1.807, 2.05) is 24.3 Å². The number of methoxy groups -OCH3 is 1. The predicted molar refractivity (Wildman–Crippen MR) is 97.6 cm³/mol. The van der Waals surface area contributed by atoms with Crippen molar-refractivity contribution in [1.82, 2.24) is 15.1 Å². The Labute approximate surface area is 156 Å². The van der Waals surface area contributed by atoms with Crippen molar-refractivity contribution >= 4 is 11.7 Å². The molecule has 1 N–H and O–H groups in total. The van der Waals surface area contributed by atoms with E-state index in [0.29, 0.717) is 36.3 Å². The Morgan fingerprint density at radius 3 is 2.78 bits per heavy atom. The molecule has 0 unspecified atom stereocenters. The third kappa shape index (κ3) is 3.64. The number of nitrogens with zero attached hydrogens (tertiary/aromatic N) is 3. The van der Waals surface area contributed by atoms with Gasteiger partial charge in [-0.25, -0.2) is 4.79 Å². The molecule has 3 heterocycles. The van der Waals surface area contributed by atoms with E-state index in [9.17, 15) is 4.79 Å². The molecule has 8 nitrogen and oxygen atoms in total. The van der Waals surface area contributed by atoms with E-state index in [-0.39, 0.29) is 11.9 Å². The molecule has 2 aromatic heterocycles. The fraction of sp³-hybridized carbons (Fsp3) is 0.316. The number of furan rings is 1. The maximum atomic E-state index is 12.5. The summed E-state index contributed by atoms with van der Waals surface area (Å²) in [6.07, 6.45) is 4.68. The fourth-order valence-corrected chi connectivity index (χ4v) is 3.17. The van der Waals surface area contributed by atoms with Crippen LogP contribution in [0.5, 0.6) is 5.75 Å². The average Bonchev–Trinajstić information content (AvgIpc) is 3.40. The first-order valence-corrected chi connectivity index (χ1v) is 8.79. The fourth-order valence-electron chi connectivity index (χ4n) is 3.17. The first kappa shape index (κ1) is 17.1. The van der Waals surface area contributed by atoms with Gasteiger partial charge in [-0.3, -0.25) is 0 Å². The van der Waals surface area contributed by atoms with Gasteiger partial charge in [-0.2, -0.15) is 0 Å². The third-order valence-electron chi connectivity index (χ3n) is 4.69. The Kier molecular flexibility index (Phi) is 4.78. The SMILES string of the molecule is COc1ccccc1NC(=O)N1CCC(c2nnc(-c3ccoc3)o2)CC1. The van der Waals surface area contributed by atoms with Crippen LogP contribution < -0.4 is 10.1 Å². The minimum atomic E-state index is -0.137. The number of hydrogen-bond donors (Lipinski definition) is 1. The Morgan fingerprint density at radius 1 is 1.22 bits per heavy atom. The zero-order chi connectivity index (χ0) is 18.6. The number of aromatic nitrogens is 2. The van der Waals surface area contributed by atoms with Gasteiger partial charge in [0.2, 0.25) is 5.89 Å². The van der Waals surface area contributed by atoms with Gasteiger partial charge in [0.1, 0.15) is 12.0 Å². The van der Waals surface area contributed by atoms with Crippen LogP contribution in [0.4, 0.5) is 10.5 Å². The van der Waals surface area contributed by atoms with Gasteiger partial charge in [0.25, 0.3) is 5.89 Å². The van der Waals surface area contributed by atoms with Crippen LogP contribution in [0, 0.1) is 0 Å². The highest BCUT2D eigenvalue weighted by molar-refractivity contribution is 5.91. The smallest absolute Gasteiger partial charge is 0.321 e. The summed E-state index contributed by atoms with van der Waals surface area (Å²) in [6.45, 7) is 1.24. The van der Waals surface area contributed by atoms with Gasteiger partial charge < -0.3 is 23.8 Å². The molecule has 0 radical (unpaired) electrons. The summed E-state index contributed by atoms with van der Waals surface area (Å²) >= 11 is 0. The number of anilines is 1. The van der Waals surface area contributed by atoms with Crippen molar-refractivity contribution in [3.8, 4) is 17.2 Å². The van der Waals surface area contributed by atoms with Gasteiger partial charge in [-0.05, 0) is 31.0 Å². The Hall–Kier alpha value is -3.29. The summed E-state index contributed by atoms with van der Waals surface area (Å²) in [5.41, 5.74) is 1.43. The molecule has 1 fully saturated rings. The minimum absolute atomic E-state index is 0.137. The van der Waals surface area contributed by atoms with Gasteiger partial charge in [-0.15, -0.1) is 10.2 Å². The van der Waals surface area contributed by atoms with E-state index in [1.54, 1.807) is 30.6 Å². The van der Waals surface area contributed by atoms with E-state index in [4.69, 9.17) is 13.6 Å². The number of ether oxygens (including phenoxy) is 1. The molecular formula is C19H20N4O4. The highest BCUT2D eigenvalue weighted by Crippen LogP contribution is 2.30. The van der Waals surface area contributed by atoms with Crippen LogP contribution in [-0.4, -0.2) is 41.3 Å². The predicted octanol–water partition coefficient (Wildman–Crippen LogP) is 3.75. The van der Waals surface area contributed by atoms with Crippen molar-refractivity contribution in [2.45, 2.75) is 18.8 Å². The number of amides is 2. The van der Waals surface area contributed by atoms with Crippen molar-refractivity contribution in [2.75, 3.05) is 25.5 Å². The van der Waals surface area contributed by atoms with Gasteiger partial charge in [0.15, 0.2) is 0 Å². The van der Waals surface area contributed by atoms with Crippen LogP contribution in [0.25, 0.3) is 11.5 Å². The van der Waals surface area contributed by atoms with E-state index >= 15 is 0 Å². The number of carbonyl (C=O) groups excluding carboxylic acids is 1. The lowest BCUT2D eigenvalue weighted by Crippen LogP contribution is -2.40. The Balaban J connectivity index is 1.35. The molecule has 0 spiro atoms. The van der Waals surface area contributed by atoms with Gasteiger partial charge in [0, 0.05) is 19.0 Å². The maximum absolute atomic E-state index is 12.5. The summed E-state index contributed by atoms with van der Waals surface area (Å²) in [5.74, 6) is 1.85. The molecule has 0 bridgehead atoms. The third-order valence-corrected chi connectivity index (χ3v) is 4.69. The highest BCUT2D eigenvalue weighted by atomic mass is 16.5. The highest BCUT2D eigenvalue weighted by Gasteiger charge is 2.28. The molecule has 0 atom stereocenters. The second-order valence-corrected chi connectivity index (χ2v) is 6.35. The van der Waals surface area contributed by atoms with Crippen LogP contribution >= 0.6 is 0 Å². The normalized spacial score (nSPS) is 14.9. The molecule has 2 amide bonds. The lowest BCUT2D eigenvalue weighted by molar-refractivity contribution is 0.190. The number of piperidine rings is 1. The van der Waals surface area contributed by atoms with E-state index in [0.717, 1.165) is 18.4 Å². The van der Waals surface area contributed by atoms with Crippen LogP contribution in [0.15, 0.2) is 51.7 Å². The molecule has 1 aliphatic heterocycles. The zero-order valence-corrected chi connectivity index (χ0v) is 14.9. The van der Waals surface area contributed by atoms with Gasteiger partial charge >= 0.3 is 6.03 Å². The molecular weight excluding hydrogens is 348 g/mol. The molecule has 4 rings (SSSR count). The molecule has 0 aliphatic carbocycles. The van der Waals surface area contributed by atoms with Crippen LogP contribution in [0.2, 0.25) is 0 Å². The second kappa shape index (κ2) is 7.53.